The van der Waals surface area contributed by atoms with Crippen molar-refractivity contribution >= 4 is 32.9 Å². The molecule has 6 rings (SSSR count). The van der Waals surface area contributed by atoms with Gasteiger partial charge in [-0.2, -0.15) is 0 Å². The molecule has 0 nitrogen and oxygen atoms in total. The molecule has 4 aromatic rings. The largest absolute Gasteiger partial charge is 0.147 e. The summed E-state index contributed by atoms with van der Waals surface area (Å²) in [5, 5.41) is 0. The van der Waals surface area contributed by atoms with Gasteiger partial charge >= 0.3 is 0 Å². The van der Waals surface area contributed by atoms with Crippen molar-refractivity contribution in [2.75, 3.05) is 0 Å². The van der Waals surface area contributed by atoms with Crippen LogP contribution in [0.1, 0.15) is 33.3 Å². The van der Waals surface area contributed by atoms with Crippen molar-refractivity contribution in [3.8, 4) is 22.3 Å². The zero-order valence-electron chi connectivity index (χ0n) is 18.5. The number of benzene rings is 4. The predicted molar refractivity (Wildman–Crippen MR) is 144 cm³/mol. The normalized spacial score (nSPS) is 13.4. The molecule has 0 unspecified atom stereocenters. The van der Waals surface area contributed by atoms with Crippen molar-refractivity contribution in [2.24, 2.45) is 0 Å². The molecule has 0 N–H and O–H groups in total. The van der Waals surface area contributed by atoms with Crippen LogP contribution in [0, 0.1) is 0 Å². The topological polar surface area (TPSA) is 0 Å². The molecule has 4 aromatic carbocycles. The van der Waals surface area contributed by atoms with Gasteiger partial charge in [-0.15, -0.1) is 31.4 Å². The van der Waals surface area contributed by atoms with E-state index in [2.05, 4.69) is 116 Å². The van der Waals surface area contributed by atoms with Gasteiger partial charge in [-0.3, -0.25) is 0 Å². The van der Waals surface area contributed by atoms with Crippen molar-refractivity contribution in [1.29, 1.82) is 0 Å². The number of rotatable bonds is 3. The van der Waals surface area contributed by atoms with Gasteiger partial charge in [-0.1, -0.05) is 109 Å². The van der Waals surface area contributed by atoms with Gasteiger partial charge in [0.05, 0.1) is 8.07 Å². The number of hydrogen-bond acceptors (Lipinski definition) is 0. The van der Waals surface area contributed by atoms with E-state index >= 15 is 0 Å². The van der Waals surface area contributed by atoms with E-state index in [9.17, 15) is 0 Å². The Morgan fingerprint density at radius 2 is 0.788 bits per heavy atom. The fourth-order valence-electron chi connectivity index (χ4n) is 6.05. The quantitative estimate of drug-likeness (QED) is 0.220. The van der Waals surface area contributed by atoms with Gasteiger partial charge in [0, 0.05) is 37.3 Å². The monoisotopic (exact) mass is 562 g/mol. The van der Waals surface area contributed by atoms with E-state index in [1.54, 1.807) is 0 Å². The number of halogens is 2. The van der Waals surface area contributed by atoms with Crippen LogP contribution in [0.4, 0.5) is 0 Å². The predicted octanol–water partition coefficient (Wildman–Crippen LogP) is 8.33. The first-order chi connectivity index (χ1) is 14.7. The maximum atomic E-state index is 4.48. The van der Waals surface area contributed by atoms with Crippen molar-refractivity contribution in [2.45, 2.75) is 17.6 Å². The third-order valence-electron chi connectivity index (χ3n) is 7.35. The molecule has 0 saturated heterocycles. The summed E-state index contributed by atoms with van der Waals surface area (Å²) in [4.78, 5) is 0. The van der Waals surface area contributed by atoms with Gasteiger partial charge in [0.15, 0.2) is 0 Å². The van der Waals surface area contributed by atoms with Crippen LogP contribution >= 0.6 is 24.8 Å². The molecule has 0 heterocycles. The average Bonchev–Trinajstić information content (AvgIpc) is 3.33. The van der Waals surface area contributed by atoms with Crippen LogP contribution < -0.4 is 0 Å². The molecule has 0 amide bonds. The Balaban J connectivity index is 0.00000102. The minimum atomic E-state index is -2.10. The van der Waals surface area contributed by atoms with Gasteiger partial charge in [0.1, 0.15) is 0 Å². The van der Waals surface area contributed by atoms with Crippen LogP contribution in [-0.4, -0.2) is 8.07 Å². The van der Waals surface area contributed by atoms with Crippen LogP contribution in [0.3, 0.4) is 0 Å². The van der Waals surface area contributed by atoms with Crippen LogP contribution in [0.25, 0.3) is 22.3 Å². The summed E-state index contributed by atoms with van der Waals surface area (Å²) >= 11 is 0. The zero-order valence-corrected chi connectivity index (χ0v) is 23.6. The van der Waals surface area contributed by atoms with Gasteiger partial charge < -0.3 is 0 Å². The minimum absolute atomic E-state index is 0. The zero-order chi connectivity index (χ0) is 20.3. The third kappa shape index (κ3) is 3.67. The van der Waals surface area contributed by atoms with E-state index in [-0.39, 0.29) is 51.0 Å². The van der Waals surface area contributed by atoms with Crippen molar-refractivity contribution < 1.29 is 26.2 Å². The maximum absolute atomic E-state index is 4.48. The van der Waals surface area contributed by atoms with Crippen molar-refractivity contribution in [1.82, 2.24) is 0 Å². The molecule has 0 aromatic heterocycles. The molecule has 0 atom stereocenters. The minimum Gasteiger partial charge on any atom is -0.147 e. The third-order valence-corrected chi connectivity index (χ3v) is 12.0. The molecular weight excluding hydrogens is 539 g/mol. The van der Waals surface area contributed by atoms with E-state index in [0.29, 0.717) is 11.1 Å². The molecule has 164 valence electrons. The maximum Gasteiger partial charge on any atom is 0.0983 e. The van der Waals surface area contributed by atoms with E-state index in [1.807, 2.05) is 0 Å². The molecule has 0 aliphatic heterocycles. The van der Waals surface area contributed by atoms with Gasteiger partial charge in [0.25, 0.3) is 0 Å². The van der Waals surface area contributed by atoms with Gasteiger partial charge in [-0.05, 0) is 44.5 Å². The summed E-state index contributed by atoms with van der Waals surface area (Å²) in [6.07, 6.45) is 0. The van der Waals surface area contributed by atoms with E-state index in [4.69, 9.17) is 0 Å². The number of hydrogen-bond donors (Lipinski definition) is 0. The van der Waals surface area contributed by atoms with Crippen LogP contribution in [-0.2, 0) is 26.2 Å². The first-order valence-electron chi connectivity index (χ1n) is 10.7. The molecule has 0 radical (unpaired) electrons. The van der Waals surface area contributed by atoms with Crippen molar-refractivity contribution in [3.05, 3.63) is 132 Å². The van der Waals surface area contributed by atoms with Crippen LogP contribution in [0.2, 0.25) is 6.55 Å². The average molecular weight is 565 g/mol. The molecule has 4 heteroatoms. The van der Waals surface area contributed by atoms with Crippen molar-refractivity contribution in [3.63, 3.8) is 0 Å². The SMILES string of the molecule is C=C[Si](C)(C1c2ccccc2-c2ccccc21)C1c2ccccc2-c2ccccc21.Cl.Cl.[Zr]. The fraction of sp³-hybridized carbons (Fsp3) is 0.103. The van der Waals surface area contributed by atoms with E-state index < -0.39 is 8.07 Å². The van der Waals surface area contributed by atoms with Crippen LogP contribution in [0.15, 0.2) is 109 Å². The Bertz CT molecular complexity index is 1130. The second kappa shape index (κ2) is 9.88. The summed E-state index contributed by atoms with van der Waals surface area (Å²) in [7, 11) is -2.10. The van der Waals surface area contributed by atoms with E-state index in [1.165, 1.54) is 44.5 Å². The Morgan fingerprint density at radius 1 is 0.545 bits per heavy atom. The summed E-state index contributed by atoms with van der Waals surface area (Å²) in [5.74, 6) is 0. The first-order valence-corrected chi connectivity index (χ1v) is 13.5. The van der Waals surface area contributed by atoms with Gasteiger partial charge in [0.2, 0.25) is 0 Å². The Kier molecular flexibility index (Phi) is 7.76. The van der Waals surface area contributed by atoms with E-state index in [0.717, 1.165) is 0 Å². The molecular formula is C29H26Cl2SiZr. The summed E-state index contributed by atoms with van der Waals surface area (Å²) in [5.41, 5.74) is 14.7. The Hall–Kier alpha value is -1.70. The summed E-state index contributed by atoms with van der Waals surface area (Å²) in [6.45, 7) is 7.02. The first kappa shape index (κ1) is 25.9. The van der Waals surface area contributed by atoms with Crippen LogP contribution in [0.5, 0.6) is 0 Å². The Labute approximate surface area is 229 Å². The molecule has 0 spiro atoms. The molecule has 2 aliphatic carbocycles. The molecule has 0 bridgehead atoms. The molecule has 33 heavy (non-hydrogen) atoms. The standard InChI is InChI=1S/C29H24Si.2ClH.Zr/c1-3-30(2,28-24-16-8-4-12-20(24)21-13-5-9-17-25(21)28)29-26-18-10-6-14-22(26)23-15-7-11-19-27(23)29;;;/h3-19,28-29H,1H2,2H3;2*1H;. The molecule has 0 saturated carbocycles. The molecule has 2 aliphatic rings. The summed E-state index contributed by atoms with van der Waals surface area (Å²) in [6, 6.07) is 36.1. The second-order valence-corrected chi connectivity index (χ2v) is 13.1. The smallest absolute Gasteiger partial charge is 0.0983 e. The number of fused-ring (bicyclic) bond motifs is 6. The fourth-order valence-corrected chi connectivity index (χ4v) is 10.5. The van der Waals surface area contributed by atoms with Gasteiger partial charge in [-0.25, -0.2) is 0 Å². The molecule has 0 fully saturated rings. The Morgan fingerprint density at radius 3 is 1.03 bits per heavy atom. The summed E-state index contributed by atoms with van der Waals surface area (Å²) < 4.78 is 0. The second-order valence-electron chi connectivity index (χ2n) is 8.79.